The van der Waals surface area contributed by atoms with Gasteiger partial charge in [-0.3, -0.25) is 0 Å². The molecule has 0 amide bonds. The second kappa shape index (κ2) is 6.44. The van der Waals surface area contributed by atoms with Crippen molar-refractivity contribution in [2.24, 2.45) is 0 Å². The van der Waals surface area contributed by atoms with Crippen molar-refractivity contribution in [3.8, 4) is 5.75 Å². The fourth-order valence-electron chi connectivity index (χ4n) is 1.24. The summed E-state index contributed by atoms with van der Waals surface area (Å²) in [5.74, 6) is 0.817. The summed E-state index contributed by atoms with van der Waals surface area (Å²) >= 11 is 0. The summed E-state index contributed by atoms with van der Waals surface area (Å²) in [6.45, 7) is 4.22. The fraction of sp³-hybridized carbons (Fsp3) is 0.417. The van der Waals surface area contributed by atoms with Gasteiger partial charge in [-0.1, -0.05) is 25.5 Å². The number of aryl methyl sites for hydroxylation is 1. The maximum atomic E-state index is 8.57. The molecule has 2 heteroatoms. The van der Waals surface area contributed by atoms with Crippen LogP contribution in [0, 0.1) is 6.92 Å². The Balaban J connectivity index is 2.42. The molecule has 0 saturated heterocycles. The minimum Gasteiger partial charge on any atom is -0.491 e. The van der Waals surface area contributed by atoms with E-state index in [4.69, 9.17) is 9.84 Å². The van der Waals surface area contributed by atoms with Gasteiger partial charge in [0.25, 0.3) is 0 Å². The first-order valence-corrected chi connectivity index (χ1v) is 4.98. The van der Waals surface area contributed by atoms with E-state index >= 15 is 0 Å². The lowest BCUT2D eigenvalue weighted by molar-refractivity contribution is 0.201. The summed E-state index contributed by atoms with van der Waals surface area (Å²) < 4.78 is 5.25. The van der Waals surface area contributed by atoms with Gasteiger partial charge in [-0.05, 0) is 30.5 Å². The Morgan fingerprint density at radius 2 is 1.93 bits per heavy atom. The van der Waals surface area contributed by atoms with Crippen LogP contribution in [0.4, 0.5) is 0 Å². The van der Waals surface area contributed by atoms with Crippen molar-refractivity contribution >= 4 is 0 Å². The largest absolute Gasteiger partial charge is 0.491 e. The monoisotopic (exact) mass is 193 g/mol. The number of hydrogen-bond acceptors (Lipinski definition) is 2. The summed E-state index contributed by atoms with van der Waals surface area (Å²) in [6, 6.07) is 7.99. The summed E-state index contributed by atoms with van der Waals surface area (Å²) in [6.07, 6.45) is 3.17. The zero-order chi connectivity index (χ0) is 10.2. The summed E-state index contributed by atoms with van der Waals surface area (Å²) in [5.41, 5.74) is 1.31. The molecule has 1 aromatic carbocycles. The van der Waals surface area contributed by atoms with Crippen LogP contribution < -0.4 is 4.74 Å². The van der Waals surface area contributed by atoms with Gasteiger partial charge in [0.2, 0.25) is 0 Å². The van der Waals surface area contributed by atoms with Crippen molar-refractivity contribution in [3.63, 3.8) is 0 Å². The maximum absolute atomic E-state index is 8.57. The highest BCUT2D eigenvalue weighted by molar-refractivity contribution is 5.27. The third kappa shape index (κ3) is 3.79. The summed E-state index contributed by atoms with van der Waals surface area (Å²) in [7, 11) is 0. The first kappa shape index (κ1) is 11.1. The Kier molecular flexibility index (Phi) is 5.08. The van der Waals surface area contributed by atoms with Crippen LogP contribution in [-0.2, 0) is 6.42 Å². The average molecular weight is 193 g/mol. The van der Waals surface area contributed by atoms with Gasteiger partial charge in [0.05, 0.1) is 6.61 Å². The highest BCUT2D eigenvalue weighted by Crippen LogP contribution is 2.13. The summed E-state index contributed by atoms with van der Waals surface area (Å²) in [5, 5.41) is 8.57. The highest BCUT2D eigenvalue weighted by Gasteiger charge is 1.94. The topological polar surface area (TPSA) is 29.5 Å². The molecule has 0 heterocycles. The Morgan fingerprint density at radius 3 is 2.50 bits per heavy atom. The van der Waals surface area contributed by atoms with E-state index in [2.05, 4.69) is 19.1 Å². The molecule has 1 rings (SSSR count). The van der Waals surface area contributed by atoms with Crippen molar-refractivity contribution in [3.05, 3.63) is 36.8 Å². The van der Waals surface area contributed by atoms with Crippen molar-refractivity contribution in [1.29, 1.82) is 0 Å². The van der Waals surface area contributed by atoms with Crippen LogP contribution in [0.3, 0.4) is 0 Å². The molecule has 0 atom stereocenters. The van der Waals surface area contributed by atoms with Gasteiger partial charge in [0, 0.05) is 0 Å². The lowest BCUT2D eigenvalue weighted by Crippen LogP contribution is -2.01. The van der Waals surface area contributed by atoms with Crippen LogP contribution in [0.1, 0.15) is 18.4 Å². The van der Waals surface area contributed by atoms with E-state index < -0.39 is 0 Å². The van der Waals surface area contributed by atoms with E-state index in [0.717, 1.165) is 25.0 Å². The zero-order valence-corrected chi connectivity index (χ0v) is 8.41. The van der Waals surface area contributed by atoms with Gasteiger partial charge in [-0.25, -0.2) is 0 Å². The zero-order valence-electron chi connectivity index (χ0n) is 8.41. The molecule has 0 aliphatic rings. The van der Waals surface area contributed by atoms with E-state index in [1.54, 1.807) is 0 Å². The SMILES string of the molecule is [CH2]CCCc1ccc(OCCO)cc1. The smallest absolute Gasteiger partial charge is 0.119 e. The Labute approximate surface area is 85.5 Å². The first-order chi connectivity index (χ1) is 6.86. The van der Waals surface area contributed by atoms with Gasteiger partial charge >= 0.3 is 0 Å². The molecule has 0 aliphatic carbocycles. The number of rotatable bonds is 6. The predicted octanol–water partition coefficient (Wildman–Crippen LogP) is 2.21. The van der Waals surface area contributed by atoms with E-state index in [1.807, 2.05) is 12.1 Å². The van der Waals surface area contributed by atoms with Crippen molar-refractivity contribution < 1.29 is 9.84 Å². The Bertz CT molecular complexity index is 214. The van der Waals surface area contributed by atoms with Crippen LogP contribution in [-0.4, -0.2) is 18.3 Å². The third-order valence-electron chi connectivity index (χ3n) is 2.00. The van der Waals surface area contributed by atoms with Crippen LogP contribution in [0.15, 0.2) is 24.3 Å². The molecule has 1 aromatic rings. The van der Waals surface area contributed by atoms with Gasteiger partial charge in [0.1, 0.15) is 12.4 Å². The standard InChI is InChI=1S/C12H17O2/c1-2-3-4-11-5-7-12(8-6-11)14-10-9-13/h5-8,13H,1-4,9-10H2. The average Bonchev–Trinajstić information content (AvgIpc) is 2.25. The molecular weight excluding hydrogens is 176 g/mol. The molecule has 0 bridgehead atoms. The maximum Gasteiger partial charge on any atom is 0.119 e. The fourth-order valence-corrected chi connectivity index (χ4v) is 1.24. The van der Waals surface area contributed by atoms with Gasteiger partial charge in [0.15, 0.2) is 0 Å². The number of hydrogen-bond donors (Lipinski definition) is 1. The molecule has 77 valence electrons. The normalized spacial score (nSPS) is 10.1. The number of aliphatic hydroxyl groups is 1. The molecule has 0 spiro atoms. The third-order valence-corrected chi connectivity index (χ3v) is 2.00. The number of benzene rings is 1. The van der Waals surface area contributed by atoms with Crippen LogP contribution in [0.5, 0.6) is 5.75 Å². The van der Waals surface area contributed by atoms with Gasteiger partial charge in [-0.2, -0.15) is 0 Å². The van der Waals surface area contributed by atoms with Gasteiger partial charge in [-0.15, -0.1) is 0 Å². The minimum absolute atomic E-state index is 0.0588. The second-order valence-corrected chi connectivity index (χ2v) is 3.17. The minimum atomic E-state index is 0.0588. The van der Waals surface area contributed by atoms with Crippen molar-refractivity contribution in [2.45, 2.75) is 19.3 Å². The van der Waals surface area contributed by atoms with Crippen LogP contribution >= 0.6 is 0 Å². The molecule has 0 saturated carbocycles. The molecule has 1 radical (unpaired) electrons. The Morgan fingerprint density at radius 1 is 1.21 bits per heavy atom. The molecule has 0 unspecified atom stereocenters. The molecule has 0 aromatic heterocycles. The predicted molar refractivity (Wildman–Crippen MR) is 57.3 cm³/mol. The van der Waals surface area contributed by atoms with E-state index in [9.17, 15) is 0 Å². The summed E-state index contributed by atoms with van der Waals surface area (Å²) in [4.78, 5) is 0. The number of ether oxygens (including phenoxy) is 1. The molecule has 0 fully saturated rings. The molecule has 0 aliphatic heterocycles. The number of unbranched alkanes of at least 4 members (excludes halogenated alkanes) is 1. The molecular formula is C12H17O2. The van der Waals surface area contributed by atoms with Crippen molar-refractivity contribution in [1.82, 2.24) is 0 Å². The molecule has 2 nitrogen and oxygen atoms in total. The van der Waals surface area contributed by atoms with E-state index in [0.29, 0.717) is 6.61 Å². The lowest BCUT2D eigenvalue weighted by atomic mass is 10.1. The second-order valence-electron chi connectivity index (χ2n) is 3.17. The Hall–Kier alpha value is -1.02. The van der Waals surface area contributed by atoms with Crippen molar-refractivity contribution in [2.75, 3.05) is 13.2 Å². The first-order valence-electron chi connectivity index (χ1n) is 4.98. The van der Waals surface area contributed by atoms with E-state index in [-0.39, 0.29) is 6.61 Å². The van der Waals surface area contributed by atoms with Crippen LogP contribution in [0.2, 0.25) is 0 Å². The molecule has 14 heavy (non-hydrogen) atoms. The quantitative estimate of drug-likeness (QED) is 0.750. The van der Waals surface area contributed by atoms with Gasteiger partial charge < -0.3 is 9.84 Å². The van der Waals surface area contributed by atoms with E-state index in [1.165, 1.54) is 5.56 Å². The lowest BCUT2D eigenvalue weighted by Gasteiger charge is -2.05. The highest BCUT2D eigenvalue weighted by atomic mass is 16.5. The number of aliphatic hydroxyl groups excluding tert-OH is 1. The molecule has 1 N–H and O–H groups in total. The van der Waals surface area contributed by atoms with Crippen LogP contribution in [0.25, 0.3) is 0 Å².